The Kier molecular flexibility index (Phi) is 7.80. The number of hydrogen-bond acceptors (Lipinski definition) is 3. The van der Waals surface area contributed by atoms with Crippen LogP contribution in [0.1, 0.15) is 21.5 Å². The van der Waals surface area contributed by atoms with Crippen molar-refractivity contribution in [2.75, 3.05) is 39.6 Å². The summed E-state index contributed by atoms with van der Waals surface area (Å²) in [5.74, 6) is 0.294. The molecule has 2 rings (SSSR count). The molecule has 6 nitrogen and oxygen atoms in total. The Balaban J connectivity index is 1.85. The molecule has 0 unspecified atom stereocenters. The van der Waals surface area contributed by atoms with Crippen LogP contribution in [0.15, 0.2) is 47.5 Å². The second kappa shape index (κ2) is 10.3. The maximum absolute atomic E-state index is 14.1. The molecule has 0 radical (unpaired) electrons. The third-order valence-corrected chi connectivity index (χ3v) is 4.30. The van der Waals surface area contributed by atoms with Gasteiger partial charge in [0.15, 0.2) is 5.96 Å². The zero-order chi connectivity index (χ0) is 20.5. The highest BCUT2D eigenvalue weighted by molar-refractivity contribution is 5.94. The van der Waals surface area contributed by atoms with Crippen molar-refractivity contribution in [1.82, 2.24) is 16.0 Å². The quantitative estimate of drug-likeness (QED) is 0.505. The number of amides is 1. The van der Waals surface area contributed by atoms with E-state index in [9.17, 15) is 9.18 Å². The molecule has 28 heavy (non-hydrogen) atoms. The fourth-order valence-corrected chi connectivity index (χ4v) is 2.77. The van der Waals surface area contributed by atoms with Gasteiger partial charge in [0.25, 0.3) is 5.91 Å². The summed E-state index contributed by atoms with van der Waals surface area (Å²) in [6, 6.07) is 12.7. The lowest BCUT2D eigenvalue weighted by Gasteiger charge is -2.15. The summed E-state index contributed by atoms with van der Waals surface area (Å²) in [6.07, 6.45) is 0.748. The number of nitrogens with zero attached hydrogens (tertiary/aromatic N) is 2. The van der Waals surface area contributed by atoms with Crippen molar-refractivity contribution in [3.63, 3.8) is 0 Å². The SMILES string of the molecule is CN=C(NCCc1cccc(C(=O)NC)c1)NCc1ccc(N(C)C)c(F)c1. The van der Waals surface area contributed by atoms with E-state index in [4.69, 9.17) is 0 Å². The highest BCUT2D eigenvalue weighted by Crippen LogP contribution is 2.18. The molecular formula is C21H28FN5O. The fourth-order valence-electron chi connectivity index (χ4n) is 2.77. The summed E-state index contributed by atoms with van der Waals surface area (Å²) in [5.41, 5.74) is 3.10. The van der Waals surface area contributed by atoms with Crippen LogP contribution >= 0.6 is 0 Å². The van der Waals surface area contributed by atoms with Crippen LogP contribution in [0.3, 0.4) is 0 Å². The topological polar surface area (TPSA) is 68.8 Å². The van der Waals surface area contributed by atoms with E-state index in [-0.39, 0.29) is 11.7 Å². The van der Waals surface area contributed by atoms with Gasteiger partial charge in [-0.3, -0.25) is 9.79 Å². The average molecular weight is 385 g/mol. The molecule has 2 aromatic rings. The first kappa shape index (κ1) is 21.2. The maximum Gasteiger partial charge on any atom is 0.251 e. The van der Waals surface area contributed by atoms with Crippen molar-refractivity contribution in [3.8, 4) is 0 Å². The zero-order valence-corrected chi connectivity index (χ0v) is 16.8. The maximum atomic E-state index is 14.1. The predicted molar refractivity (Wildman–Crippen MR) is 112 cm³/mol. The van der Waals surface area contributed by atoms with Crippen LogP contribution in [0.25, 0.3) is 0 Å². The van der Waals surface area contributed by atoms with Gasteiger partial charge in [-0.05, 0) is 41.8 Å². The number of nitrogens with one attached hydrogen (secondary N) is 3. The zero-order valence-electron chi connectivity index (χ0n) is 16.8. The Morgan fingerprint density at radius 3 is 2.54 bits per heavy atom. The van der Waals surface area contributed by atoms with Gasteiger partial charge in [0.05, 0.1) is 5.69 Å². The molecule has 0 aromatic heterocycles. The number of rotatable bonds is 7. The highest BCUT2D eigenvalue weighted by Gasteiger charge is 2.07. The molecule has 7 heteroatoms. The Morgan fingerprint density at radius 1 is 1.11 bits per heavy atom. The van der Waals surface area contributed by atoms with E-state index in [1.54, 1.807) is 31.1 Å². The summed E-state index contributed by atoms with van der Waals surface area (Å²) < 4.78 is 14.1. The normalized spacial score (nSPS) is 11.1. The molecule has 0 atom stereocenters. The number of benzene rings is 2. The van der Waals surface area contributed by atoms with Crippen LogP contribution in [0, 0.1) is 5.82 Å². The minimum atomic E-state index is -0.247. The summed E-state index contributed by atoms with van der Waals surface area (Å²) in [4.78, 5) is 17.6. The lowest BCUT2D eigenvalue weighted by Crippen LogP contribution is -2.37. The molecule has 0 bridgehead atoms. The Hall–Kier alpha value is -3.09. The molecule has 0 saturated heterocycles. The van der Waals surface area contributed by atoms with E-state index in [2.05, 4.69) is 20.9 Å². The van der Waals surface area contributed by atoms with Gasteiger partial charge in [0.2, 0.25) is 0 Å². The van der Waals surface area contributed by atoms with Crippen LogP contribution in [-0.2, 0) is 13.0 Å². The van der Waals surface area contributed by atoms with E-state index in [1.165, 1.54) is 6.07 Å². The standard InChI is InChI=1S/C21H28FN5O/c1-23-20(28)17-7-5-6-15(12-17)10-11-25-21(24-2)26-14-16-8-9-19(27(3)4)18(22)13-16/h5-9,12-13H,10-11,14H2,1-4H3,(H,23,28)(H2,24,25,26). The van der Waals surface area contributed by atoms with Crippen LogP contribution in [-0.4, -0.2) is 46.6 Å². The molecule has 0 heterocycles. The van der Waals surface area contributed by atoms with E-state index >= 15 is 0 Å². The molecule has 0 aliphatic heterocycles. The second-order valence-corrected chi connectivity index (χ2v) is 6.56. The first-order chi connectivity index (χ1) is 13.4. The molecule has 3 N–H and O–H groups in total. The average Bonchev–Trinajstić information content (AvgIpc) is 2.69. The van der Waals surface area contributed by atoms with Gasteiger partial charge in [-0.1, -0.05) is 18.2 Å². The van der Waals surface area contributed by atoms with E-state index in [1.807, 2.05) is 38.4 Å². The van der Waals surface area contributed by atoms with Crippen LogP contribution < -0.4 is 20.9 Å². The molecule has 1 amide bonds. The fraction of sp³-hybridized carbons (Fsp3) is 0.333. The second-order valence-electron chi connectivity index (χ2n) is 6.56. The van der Waals surface area contributed by atoms with Gasteiger partial charge in [0, 0.05) is 46.8 Å². The summed E-state index contributed by atoms with van der Waals surface area (Å²) in [7, 11) is 6.93. The monoisotopic (exact) mass is 385 g/mol. The highest BCUT2D eigenvalue weighted by atomic mass is 19.1. The molecule has 0 saturated carbocycles. The molecular weight excluding hydrogens is 357 g/mol. The van der Waals surface area contributed by atoms with Crippen molar-refractivity contribution in [3.05, 3.63) is 65.0 Å². The predicted octanol–water partition coefficient (Wildman–Crippen LogP) is 2.16. The smallest absolute Gasteiger partial charge is 0.251 e. The number of anilines is 1. The number of carbonyl (C=O) groups is 1. The van der Waals surface area contributed by atoms with Crippen LogP contribution in [0.4, 0.5) is 10.1 Å². The summed E-state index contributed by atoms with van der Waals surface area (Å²) in [6.45, 7) is 1.13. The van der Waals surface area contributed by atoms with Gasteiger partial charge < -0.3 is 20.9 Å². The lowest BCUT2D eigenvalue weighted by atomic mass is 10.1. The number of carbonyl (C=O) groups excluding carboxylic acids is 1. The number of halogens is 1. The van der Waals surface area contributed by atoms with Gasteiger partial charge in [-0.15, -0.1) is 0 Å². The lowest BCUT2D eigenvalue weighted by molar-refractivity contribution is 0.0963. The Labute approximate surface area is 165 Å². The van der Waals surface area contributed by atoms with E-state index in [0.717, 1.165) is 17.5 Å². The van der Waals surface area contributed by atoms with E-state index in [0.29, 0.717) is 30.3 Å². The molecule has 2 aromatic carbocycles. The minimum absolute atomic E-state index is 0.0974. The number of guanidine groups is 1. The van der Waals surface area contributed by atoms with Crippen molar-refractivity contribution >= 4 is 17.6 Å². The van der Waals surface area contributed by atoms with Gasteiger partial charge in [-0.25, -0.2) is 4.39 Å². The number of hydrogen-bond donors (Lipinski definition) is 3. The summed E-state index contributed by atoms with van der Waals surface area (Å²) >= 11 is 0. The molecule has 0 fully saturated rings. The van der Waals surface area contributed by atoms with Crippen molar-refractivity contribution in [2.24, 2.45) is 4.99 Å². The third kappa shape index (κ3) is 5.97. The number of aliphatic imine (C=N–C) groups is 1. The Bertz CT molecular complexity index is 835. The van der Waals surface area contributed by atoms with E-state index < -0.39 is 0 Å². The van der Waals surface area contributed by atoms with Crippen molar-refractivity contribution < 1.29 is 9.18 Å². The van der Waals surface area contributed by atoms with Gasteiger partial charge in [-0.2, -0.15) is 0 Å². The van der Waals surface area contributed by atoms with Crippen molar-refractivity contribution in [2.45, 2.75) is 13.0 Å². The largest absolute Gasteiger partial charge is 0.375 e. The summed E-state index contributed by atoms with van der Waals surface area (Å²) in [5, 5.41) is 9.04. The van der Waals surface area contributed by atoms with Crippen LogP contribution in [0.2, 0.25) is 0 Å². The van der Waals surface area contributed by atoms with Crippen LogP contribution in [0.5, 0.6) is 0 Å². The molecule has 0 spiro atoms. The first-order valence-corrected chi connectivity index (χ1v) is 9.16. The molecule has 150 valence electrons. The van der Waals surface area contributed by atoms with Gasteiger partial charge in [0.1, 0.15) is 5.82 Å². The van der Waals surface area contributed by atoms with Gasteiger partial charge >= 0.3 is 0 Å². The third-order valence-electron chi connectivity index (χ3n) is 4.30. The molecule has 0 aliphatic rings. The first-order valence-electron chi connectivity index (χ1n) is 9.16. The van der Waals surface area contributed by atoms with Crippen molar-refractivity contribution in [1.29, 1.82) is 0 Å². The minimum Gasteiger partial charge on any atom is -0.375 e. The molecule has 0 aliphatic carbocycles. The Morgan fingerprint density at radius 2 is 1.89 bits per heavy atom.